The molecule has 1 aromatic heterocycles. The molecule has 0 spiro atoms. The highest BCUT2D eigenvalue weighted by Gasteiger charge is 2.20. The van der Waals surface area contributed by atoms with E-state index in [0.717, 1.165) is 10.6 Å². The minimum atomic E-state index is -0.899. The second-order valence-electron chi connectivity index (χ2n) is 5.54. The summed E-state index contributed by atoms with van der Waals surface area (Å²) in [7, 11) is 0. The van der Waals surface area contributed by atoms with Crippen molar-refractivity contribution in [3.63, 3.8) is 0 Å². The molecule has 25 heavy (non-hydrogen) atoms. The predicted octanol–water partition coefficient (Wildman–Crippen LogP) is 2.69. The Bertz CT molecular complexity index is 770. The fourth-order valence-electron chi connectivity index (χ4n) is 2.01. The van der Waals surface area contributed by atoms with Gasteiger partial charge in [-0.05, 0) is 20.8 Å². The third-order valence-corrected chi connectivity index (χ3v) is 4.10. The van der Waals surface area contributed by atoms with E-state index >= 15 is 0 Å². The zero-order valence-corrected chi connectivity index (χ0v) is 15.1. The molecule has 0 aliphatic heterocycles. The van der Waals surface area contributed by atoms with Crippen molar-refractivity contribution in [3.05, 3.63) is 40.4 Å². The molecule has 0 radical (unpaired) electrons. The molecule has 0 unspecified atom stereocenters. The predicted molar refractivity (Wildman–Crippen MR) is 93.6 cm³/mol. The van der Waals surface area contributed by atoms with Gasteiger partial charge >= 0.3 is 5.97 Å². The van der Waals surface area contributed by atoms with Gasteiger partial charge in [-0.15, -0.1) is 10.2 Å². The van der Waals surface area contributed by atoms with Crippen LogP contribution in [0.4, 0.5) is 5.13 Å². The Kier molecular flexibility index (Phi) is 6.35. The minimum absolute atomic E-state index is 0.0527. The lowest BCUT2D eigenvalue weighted by Crippen LogP contribution is -2.25. The summed E-state index contributed by atoms with van der Waals surface area (Å²) in [6.07, 6.45) is -1.07. The second kappa shape index (κ2) is 8.48. The Labute approximate surface area is 149 Å². The number of nitrogens with zero attached hydrogens (tertiary/aromatic N) is 2. The summed E-state index contributed by atoms with van der Waals surface area (Å²) in [6, 6.07) is 7.03. The van der Waals surface area contributed by atoms with Crippen molar-refractivity contribution in [2.45, 2.75) is 39.7 Å². The topological polar surface area (TPSA) is 98.2 Å². The van der Waals surface area contributed by atoms with Crippen molar-refractivity contribution >= 4 is 34.1 Å². The van der Waals surface area contributed by atoms with Gasteiger partial charge in [0.05, 0.1) is 6.42 Å². The molecular formula is C17H19N3O4S. The van der Waals surface area contributed by atoms with Crippen molar-refractivity contribution in [2.24, 2.45) is 0 Å². The zero-order chi connectivity index (χ0) is 18.4. The van der Waals surface area contributed by atoms with Crippen LogP contribution in [0.5, 0.6) is 0 Å². The van der Waals surface area contributed by atoms with Crippen LogP contribution in [0.25, 0.3) is 0 Å². The lowest BCUT2D eigenvalue weighted by Gasteiger charge is -2.12. The molecule has 1 N–H and O–H groups in total. The van der Waals surface area contributed by atoms with Crippen molar-refractivity contribution < 1.29 is 19.1 Å². The molecule has 7 nitrogen and oxygen atoms in total. The monoisotopic (exact) mass is 361 g/mol. The summed E-state index contributed by atoms with van der Waals surface area (Å²) in [5, 5.41) is 11.2. The molecule has 132 valence electrons. The molecule has 0 bridgehead atoms. The Balaban J connectivity index is 1.78. The number of amides is 1. The number of aryl methyl sites for hydroxylation is 2. The number of ketones is 1. The summed E-state index contributed by atoms with van der Waals surface area (Å²) in [6.45, 7) is 5.22. The Morgan fingerprint density at radius 2 is 1.80 bits per heavy atom. The van der Waals surface area contributed by atoms with Crippen LogP contribution in [0, 0.1) is 13.8 Å². The van der Waals surface area contributed by atoms with Gasteiger partial charge < -0.3 is 10.1 Å². The molecule has 1 aromatic carbocycles. The minimum Gasteiger partial charge on any atom is -0.454 e. The Morgan fingerprint density at radius 1 is 1.12 bits per heavy atom. The van der Waals surface area contributed by atoms with E-state index in [0.29, 0.717) is 10.7 Å². The SMILES string of the molecule is Cc1ccc(C(=O)[C@H](C)OC(=O)CCC(=O)Nc2nnc(C)s2)cc1. The van der Waals surface area contributed by atoms with Gasteiger partial charge in [-0.25, -0.2) is 0 Å². The molecule has 0 aliphatic carbocycles. The number of benzene rings is 1. The number of hydrogen-bond donors (Lipinski definition) is 1. The molecule has 2 rings (SSSR count). The third kappa shape index (κ3) is 5.75. The molecule has 1 heterocycles. The van der Waals surface area contributed by atoms with Crippen molar-refractivity contribution in [2.75, 3.05) is 5.32 Å². The van der Waals surface area contributed by atoms with Gasteiger partial charge in [-0.2, -0.15) is 0 Å². The Morgan fingerprint density at radius 3 is 2.40 bits per heavy atom. The quantitative estimate of drug-likeness (QED) is 0.601. The molecule has 2 aromatic rings. The summed E-state index contributed by atoms with van der Waals surface area (Å²) >= 11 is 1.25. The number of Topliss-reactive ketones (excluding diaryl/α,β-unsaturated/α-hetero) is 1. The van der Waals surface area contributed by atoms with E-state index in [9.17, 15) is 14.4 Å². The number of esters is 1. The average molecular weight is 361 g/mol. The van der Waals surface area contributed by atoms with E-state index < -0.39 is 12.1 Å². The third-order valence-electron chi connectivity index (χ3n) is 3.34. The molecule has 1 atom stereocenters. The van der Waals surface area contributed by atoms with E-state index in [1.807, 2.05) is 19.1 Å². The van der Waals surface area contributed by atoms with Gasteiger partial charge in [0.25, 0.3) is 0 Å². The summed E-state index contributed by atoms with van der Waals surface area (Å²) in [5.74, 6) is -1.23. The first-order valence-corrected chi connectivity index (χ1v) is 8.57. The molecule has 0 aliphatic rings. The summed E-state index contributed by atoms with van der Waals surface area (Å²) in [5.41, 5.74) is 1.52. The highest BCUT2D eigenvalue weighted by Crippen LogP contribution is 2.14. The number of aromatic nitrogens is 2. The summed E-state index contributed by atoms with van der Waals surface area (Å²) in [4.78, 5) is 35.8. The number of hydrogen-bond acceptors (Lipinski definition) is 7. The van der Waals surface area contributed by atoms with E-state index in [1.165, 1.54) is 18.3 Å². The number of rotatable bonds is 7. The van der Waals surface area contributed by atoms with Gasteiger partial charge in [0, 0.05) is 12.0 Å². The molecule has 8 heteroatoms. The first-order valence-electron chi connectivity index (χ1n) is 7.75. The molecule has 1 amide bonds. The van der Waals surface area contributed by atoms with Crippen LogP contribution in [0.2, 0.25) is 0 Å². The van der Waals surface area contributed by atoms with Crippen molar-refractivity contribution in [1.82, 2.24) is 10.2 Å². The average Bonchev–Trinajstić information content (AvgIpc) is 2.98. The van der Waals surface area contributed by atoms with Gasteiger partial charge in [0.2, 0.25) is 16.8 Å². The maximum Gasteiger partial charge on any atom is 0.307 e. The van der Waals surface area contributed by atoms with Crippen molar-refractivity contribution in [1.29, 1.82) is 0 Å². The van der Waals surface area contributed by atoms with Crippen LogP contribution in [0.15, 0.2) is 24.3 Å². The van der Waals surface area contributed by atoms with Crippen molar-refractivity contribution in [3.8, 4) is 0 Å². The number of nitrogens with one attached hydrogen (secondary N) is 1. The van der Waals surface area contributed by atoms with E-state index in [-0.39, 0.29) is 24.5 Å². The standard InChI is InChI=1S/C17H19N3O4S/c1-10-4-6-13(7-5-10)16(23)11(2)24-15(22)9-8-14(21)18-17-20-19-12(3)25-17/h4-7,11H,8-9H2,1-3H3,(H,18,20,21)/t11-/m0/s1. The molecule has 0 saturated heterocycles. The van der Waals surface area contributed by atoms with Gasteiger partial charge in [0.15, 0.2) is 6.10 Å². The lowest BCUT2D eigenvalue weighted by molar-refractivity contribution is -0.147. The van der Waals surface area contributed by atoms with Gasteiger partial charge in [-0.1, -0.05) is 41.2 Å². The van der Waals surface area contributed by atoms with E-state index in [4.69, 9.17) is 4.74 Å². The number of ether oxygens (including phenoxy) is 1. The van der Waals surface area contributed by atoms with Crippen LogP contribution < -0.4 is 5.32 Å². The number of carbonyl (C=O) groups is 3. The first-order chi connectivity index (χ1) is 11.8. The van der Waals surface area contributed by atoms with Crippen LogP contribution >= 0.6 is 11.3 Å². The van der Waals surface area contributed by atoms with E-state index in [1.54, 1.807) is 19.1 Å². The zero-order valence-electron chi connectivity index (χ0n) is 14.2. The first kappa shape index (κ1) is 18.7. The lowest BCUT2D eigenvalue weighted by atomic mass is 10.1. The fraction of sp³-hybridized carbons (Fsp3) is 0.353. The maximum absolute atomic E-state index is 12.2. The van der Waals surface area contributed by atoms with E-state index in [2.05, 4.69) is 15.5 Å². The molecular weight excluding hydrogens is 342 g/mol. The smallest absolute Gasteiger partial charge is 0.307 e. The molecule has 0 fully saturated rings. The highest BCUT2D eigenvalue weighted by molar-refractivity contribution is 7.15. The Hall–Kier alpha value is -2.61. The number of anilines is 1. The maximum atomic E-state index is 12.2. The van der Waals surface area contributed by atoms with Gasteiger partial charge in [-0.3, -0.25) is 14.4 Å². The second-order valence-corrected chi connectivity index (χ2v) is 6.72. The van der Waals surface area contributed by atoms with Gasteiger partial charge in [0.1, 0.15) is 5.01 Å². The van der Waals surface area contributed by atoms with Crippen LogP contribution in [-0.4, -0.2) is 34.0 Å². The number of carbonyl (C=O) groups excluding carboxylic acids is 3. The summed E-state index contributed by atoms with van der Waals surface area (Å²) < 4.78 is 5.11. The van der Waals surface area contributed by atoms with Crippen LogP contribution in [0.3, 0.4) is 0 Å². The fourth-order valence-corrected chi connectivity index (χ4v) is 2.61. The normalized spacial score (nSPS) is 11.6. The molecule has 0 saturated carbocycles. The largest absolute Gasteiger partial charge is 0.454 e. The van der Waals surface area contributed by atoms with Crippen LogP contribution in [-0.2, 0) is 14.3 Å². The highest BCUT2D eigenvalue weighted by atomic mass is 32.1. The van der Waals surface area contributed by atoms with Crippen LogP contribution in [0.1, 0.15) is 40.7 Å².